The molecule has 0 radical (unpaired) electrons. The zero-order chi connectivity index (χ0) is 14.7. The van der Waals surface area contributed by atoms with Crippen molar-refractivity contribution in [2.24, 2.45) is 0 Å². The highest BCUT2D eigenvalue weighted by Gasteiger charge is 2.03. The first-order valence-electron chi connectivity index (χ1n) is 7.05. The summed E-state index contributed by atoms with van der Waals surface area (Å²) in [6.07, 6.45) is 3.64. The Bertz CT molecular complexity index is 806. The van der Waals surface area contributed by atoms with E-state index in [0.29, 0.717) is 6.54 Å². The molecule has 4 nitrogen and oxygen atoms in total. The van der Waals surface area contributed by atoms with E-state index in [9.17, 15) is 4.79 Å². The summed E-state index contributed by atoms with van der Waals surface area (Å²) in [5.41, 5.74) is 1.04. The van der Waals surface area contributed by atoms with Crippen LogP contribution in [0.3, 0.4) is 0 Å². The molecule has 2 aromatic heterocycles. The molecule has 0 unspecified atom stereocenters. The van der Waals surface area contributed by atoms with Crippen LogP contribution in [0.1, 0.15) is 12.5 Å². The second-order valence-electron chi connectivity index (χ2n) is 4.92. The Kier molecular flexibility index (Phi) is 3.69. The third kappa shape index (κ3) is 2.79. The normalized spacial score (nSPS) is 10.7. The predicted octanol–water partition coefficient (Wildman–Crippen LogP) is 2.88. The van der Waals surface area contributed by atoms with Gasteiger partial charge in [0.05, 0.1) is 6.54 Å². The number of nitrogens with one attached hydrogen (secondary N) is 1. The Morgan fingerprint density at radius 2 is 2.00 bits per heavy atom. The Balaban J connectivity index is 1.91. The SMILES string of the molecule is CCNc1ccc(Cn2ccc3ccccc3c2=O)cn1. The number of pyridine rings is 2. The lowest BCUT2D eigenvalue weighted by Crippen LogP contribution is -2.20. The molecule has 0 aliphatic carbocycles. The van der Waals surface area contributed by atoms with Gasteiger partial charge in [0.2, 0.25) is 0 Å². The maximum Gasteiger partial charge on any atom is 0.258 e. The molecule has 21 heavy (non-hydrogen) atoms. The lowest BCUT2D eigenvalue weighted by Gasteiger charge is -2.08. The second-order valence-corrected chi connectivity index (χ2v) is 4.92. The fraction of sp³-hybridized carbons (Fsp3) is 0.176. The predicted molar refractivity (Wildman–Crippen MR) is 85.7 cm³/mol. The number of rotatable bonds is 4. The number of hydrogen-bond acceptors (Lipinski definition) is 3. The molecule has 3 rings (SSSR count). The van der Waals surface area contributed by atoms with Crippen molar-refractivity contribution >= 4 is 16.6 Å². The van der Waals surface area contributed by atoms with Gasteiger partial charge in [0.25, 0.3) is 5.56 Å². The first-order valence-corrected chi connectivity index (χ1v) is 7.05. The first kappa shape index (κ1) is 13.4. The molecule has 0 aliphatic rings. The van der Waals surface area contributed by atoms with Gasteiger partial charge in [-0.1, -0.05) is 24.3 Å². The zero-order valence-corrected chi connectivity index (χ0v) is 11.9. The summed E-state index contributed by atoms with van der Waals surface area (Å²) in [4.78, 5) is 16.8. The number of anilines is 1. The van der Waals surface area contributed by atoms with Crippen LogP contribution in [0, 0.1) is 0 Å². The van der Waals surface area contributed by atoms with Crippen LogP contribution < -0.4 is 10.9 Å². The van der Waals surface area contributed by atoms with Crippen LogP contribution in [0.4, 0.5) is 5.82 Å². The van der Waals surface area contributed by atoms with Gasteiger partial charge in [-0.2, -0.15) is 0 Å². The third-order valence-corrected chi connectivity index (χ3v) is 3.42. The van der Waals surface area contributed by atoms with Crippen LogP contribution in [0.15, 0.2) is 59.7 Å². The van der Waals surface area contributed by atoms with Gasteiger partial charge in [-0.3, -0.25) is 4.79 Å². The van der Waals surface area contributed by atoms with Gasteiger partial charge in [-0.15, -0.1) is 0 Å². The fourth-order valence-corrected chi connectivity index (χ4v) is 2.35. The van der Waals surface area contributed by atoms with Crippen LogP contribution >= 0.6 is 0 Å². The molecular formula is C17H17N3O. The largest absolute Gasteiger partial charge is 0.370 e. The summed E-state index contributed by atoms with van der Waals surface area (Å²) < 4.78 is 1.71. The Morgan fingerprint density at radius 1 is 1.14 bits per heavy atom. The molecule has 1 aromatic carbocycles. The third-order valence-electron chi connectivity index (χ3n) is 3.42. The highest BCUT2D eigenvalue weighted by molar-refractivity contribution is 5.81. The summed E-state index contributed by atoms with van der Waals surface area (Å²) in [6, 6.07) is 13.5. The molecule has 4 heteroatoms. The molecular weight excluding hydrogens is 262 g/mol. The molecule has 0 amide bonds. The molecule has 1 N–H and O–H groups in total. The van der Waals surface area contributed by atoms with Crippen LogP contribution in [0.25, 0.3) is 10.8 Å². The monoisotopic (exact) mass is 279 g/mol. The Morgan fingerprint density at radius 3 is 2.76 bits per heavy atom. The summed E-state index contributed by atoms with van der Waals surface area (Å²) in [6.45, 7) is 3.41. The van der Waals surface area contributed by atoms with Crippen molar-refractivity contribution in [2.45, 2.75) is 13.5 Å². The van der Waals surface area contributed by atoms with E-state index < -0.39 is 0 Å². The summed E-state index contributed by atoms with van der Waals surface area (Å²) in [7, 11) is 0. The van der Waals surface area contributed by atoms with Crippen LogP contribution in [0.5, 0.6) is 0 Å². The lowest BCUT2D eigenvalue weighted by atomic mass is 10.2. The van der Waals surface area contributed by atoms with E-state index in [-0.39, 0.29) is 5.56 Å². The van der Waals surface area contributed by atoms with Crippen molar-refractivity contribution in [1.29, 1.82) is 0 Å². The number of hydrogen-bond donors (Lipinski definition) is 1. The molecule has 0 saturated heterocycles. The van der Waals surface area contributed by atoms with Gasteiger partial charge < -0.3 is 9.88 Å². The molecule has 106 valence electrons. The van der Waals surface area contributed by atoms with E-state index in [0.717, 1.165) is 28.7 Å². The Hall–Kier alpha value is -2.62. The van der Waals surface area contributed by atoms with E-state index in [1.54, 1.807) is 10.8 Å². The van der Waals surface area contributed by atoms with E-state index >= 15 is 0 Å². The maximum atomic E-state index is 12.4. The maximum absolute atomic E-state index is 12.4. The topological polar surface area (TPSA) is 46.9 Å². The van der Waals surface area contributed by atoms with Crippen LogP contribution in [-0.4, -0.2) is 16.1 Å². The van der Waals surface area contributed by atoms with Gasteiger partial charge in [0, 0.05) is 24.3 Å². The van der Waals surface area contributed by atoms with Crippen LogP contribution in [0.2, 0.25) is 0 Å². The summed E-state index contributed by atoms with van der Waals surface area (Å²) in [5.74, 6) is 0.854. The average Bonchev–Trinajstić information content (AvgIpc) is 2.52. The van der Waals surface area contributed by atoms with Crippen molar-refractivity contribution in [3.8, 4) is 0 Å². The molecule has 0 aliphatic heterocycles. The molecule has 0 atom stereocenters. The van der Waals surface area contributed by atoms with Gasteiger partial charge in [0.15, 0.2) is 0 Å². The van der Waals surface area contributed by atoms with Gasteiger partial charge >= 0.3 is 0 Å². The molecule has 3 aromatic rings. The highest BCUT2D eigenvalue weighted by atomic mass is 16.1. The second kappa shape index (κ2) is 5.79. The van der Waals surface area contributed by atoms with Crippen molar-refractivity contribution in [2.75, 3.05) is 11.9 Å². The van der Waals surface area contributed by atoms with Crippen molar-refractivity contribution in [3.05, 3.63) is 70.8 Å². The molecule has 0 bridgehead atoms. The van der Waals surface area contributed by atoms with Crippen LogP contribution in [-0.2, 0) is 6.54 Å². The van der Waals surface area contributed by atoms with Crippen molar-refractivity contribution in [3.63, 3.8) is 0 Å². The smallest absolute Gasteiger partial charge is 0.258 e. The summed E-state index contributed by atoms with van der Waals surface area (Å²) in [5, 5.41) is 4.87. The minimum atomic E-state index is 0.0314. The number of fused-ring (bicyclic) bond motifs is 1. The van der Waals surface area contributed by atoms with E-state index in [1.165, 1.54) is 0 Å². The van der Waals surface area contributed by atoms with E-state index in [2.05, 4.69) is 10.3 Å². The molecule has 0 saturated carbocycles. The number of aromatic nitrogens is 2. The van der Waals surface area contributed by atoms with Gasteiger partial charge in [-0.05, 0) is 36.1 Å². The van der Waals surface area contributed by atoms with Crippen molar-refractivity contribution < 1.29 is 0 Å². The molecule has 0 fully saturated rings. The fourth-order valence-electron chi connectivity index (χ4n) is 2.35. The standard InChI is InChI=1S/C17H17N3O/c1-2-18-16-8-7-13(11-19-16)12-20-10-9-14-5-3-4-6-15(14)17(20)21/h3-11H,2,12H2,1H3,(H,18,19). The average molecular weight is 279 g/mol. The van der Waals surface area contributed by atoms with Gasteiger partial charge in [-0.25, -0.2) is 4.98 Å². The first-order chi connectivity index (χ1) is 10.3. The molecule has 0 spiro atoms. The highest BCUT2D eigenvalue weighted by Crippen LogP contribution is 2.10. The van der Waals surface area contributed by atoms with Gasteiger partial charge in [0.1, 0.15) is 5.82 Å². The summed E-state index contributed by atoms with van der Waals surface area (Å²) >= 11 is 0. The quantitative estimate of drug-likeness (QED) is 0.799. The number of nitrogens with zero attached hydrogens (tertiary/aromatic N) is 2. The van der Waals surface area contributed by atoms with Crippen molar-refractivity contribution in [1.82, 2.24) is 9.55 Å². The molecule has 2 heterocycles. The van der Waals surface area contributed by atoms with E-state index in [1.807, 2.05) is 55.6 Å². The number of benzene rings is 1. The lowest BCUT2D eigenvalue weighted by molar-refractivity contribution is 0.765. The minimum Gasteiger partial charge on any atom is -0.370 e. The zero-order valence-electron chi connectivity index (χ0n) is 11.9. The Labute approximate surface area is 123 Å². The van der Waals surface area contributed by atoms with E-state index in [4.69, 9.17) is 0 Å². The minimum absolute atomic E-state index is 0.0314.